The molecule has 1 saturated heterocycles. The third kappa shape index (κ3) is 3.92. The molecule has 0 saturated carbocycles. The van der Waals surface area contributed by atoms with Crippen LogP contribution in [0.25, 0.3) is 0 Å². The maximum atomic E-state index is 13.0. The van der Waals surface area contributed by atoms with Gasteiger partial charge < -0.3 is 15.2 Å². The standard InChI is InChI=1S/C24H25N5O5/c30-22-18-4-1-2-5-19(18)23(31)21-20(22)25-29(34)28(21)11-3-10-26-12-14-27(15-13-26)17-8-6-16(7-9-17)24(32)33/h1-2,4-9,25,29H,3,10-15H2,(H,32,33). The zero-order chi connectivity index (χ0) is 23.8. The van der Waals surface area contributed by atoms with Crippen LogP contribution in [0.3, 0.4) is 0 Å². The Balaban J connectivity index is 1.16. The average molecular weight is 463 g/mol. The van der Waals surface area contributed by atoms with Crippen LogP contribution in [0.2, 0.25) is 0 Å². The minimum atomic E-state index is -0.936. The predicted octanol–water partition coefficient (Wildman–Crippen LogP) is 0.306. The number of nitrogens with zero attached hydrogens (tertiary/aromatic N) is 3. The smallest absolute Gasteiger partial charge is 0.335 e. The van der Waals surface area contributed by atoms with Crippen LogP contribution >= 0.6 is 0 Å². The summed E-state index contributed by atoms with van der Waals surface area (Å²) in [5, 5.41) is 22.5. The van der Waals surface area contributed by atoms with E-state index in [-0.39, 0.29) is 28.5 Å². The quantitative estimate of drug-likeness (QED) is 0.520. The molecule has 1 fully saturated rings. The van der Waals surface area contributed by atoms with Crippen LogP contribution in [0.4, 0.5) is 5.69 Å². The number of anilines is 1. The Labute approximate surface area is 196 Å². The summed E-state index contributed by atoms with van der Waals surface area (Å²) in [4.78, 5) is 41.3. The second-order valence-electron chi connectivity index (χ2n) is 8.54. The van der Waals surface area contributed by atoms with Gasteiger partial charge in [-0.05, 0) is 30.7 Å². The molecule has 2 aromatic rings. The molecule has 0 spiro atoms. The normalized spacial score (nSPS) is 20.3. The van der Waals surface area contributed by atoms with Crippen LogP contribution in [-0.4, -0.2) is 71.8 Å². The highest BCUT2D eigenvalue weighted by Crippen LogP contribution is 2.27. The summed E-state index contributed by atoms with van der Waals surface area (Å²) in [7, 11) is 0. The number of Topliss-reactive ketones (excluding diaryl/α,β-unsaturated/α-hetero) is 2. The first-order valence-electron chi connectivity index (χ1n) is 11.3. The zero-order valence-corrected chi connectivity index (χ0v) is 18.5. The minimum Gasteiger partial charge on any atom is -0.582 e. The van der Waals surface area contributed by atoms with E-state index in [4.69, 9.17) is 5.11 Å². The lowest BCUT2D eigenvalue weighted by Crippen LogP contribution is -3.17. The Hall–Kier alpha value is -3.73. The Bertz CT molecular complexity index is 1170. The van der Waals surface area contributed by atoms with E-state index in [1.54, 1.807) is 36.4 Å². The van der Waals surface area contributed by atoms with Gasteiger partial charge in [-0.3, -0.25) is 14.5 Å². The van der Waals surface area contributed by atoms with Gasteiger partial charge in [0.1, 0.15) is 0 Å². The van der Waals surface area contributed by atoms with Crippen molar-refractivity contribution < 1.29 is 24.8 Å². The van der Waals surface area contributed by atoms with E-state index in [1.807, 2.05) is 12.1 Å². The molecule has 34 heavy (non-hydrogen) atoms. The van der Waals surface area contributed by atoms with Crippen molar-refractivity contribution in [3.05, 3.63) is 81.8 Å². The summed E-state index contributed by atoms with van der Waals surface area (Å²) in [6.07, 6.45) is 0.667. The Morgan fingerprint density at radius 2 is 1.59 bits per heavy atom. The van der Waals surface area contributed by atoms with Gasteiger partial charge in [-0.1, -0.05) is 24.3 Å². The predicted molar refractivity (Wildman–Crippen MR) is 123 cm³/mol. The molecule has 0 radical (unpaired) electrons. The average Bonchev–Trinajstić information content (AvgIpc) is 3.19. The highest BCUT2D eigenvalue weighted by atomic mass is 16.6. The highest BCUT2D eigenvalue weighted by molar-refractivity contribution is 6.26. The van der Waals surface area contributed by atoms with Crippen molar-refractivity contribution in [2.45, 2.75) is 6.42 Å². The molecule has 5 rings (SSSR count). The number of carboxylic acids is 1. The molecule has 3 N–H and O–H groups in total. The van der Waals surface area contributed by atoms with E-state index in [9.17, 15) is 19.6 Å². The molecule has 2 aliphatic heterocycles. The number of piperazine rings is 1. The van der Waals surface area contributed by atoms with Gasteiger partial charge >= 0.3 is 5.97 Å². The van der Waals surface area contributed by atoms with E-state index >= 15 is 0 Å². The molecule has 0 aromatic heterocycles. The molecule has 10 heteroatoms. The van der Waals surface area contributed by atoms with Gasteiger partial charge in [0.15, 0.2) is 11.4 Å². The van der Waals surface area contributed by atoms with Gasteiger partial charge in [0.25, 0.3) is 0 Å². The fraction of sp³-hybridized carbons (Fsp3) is 0.292. The number of allylic oxidation sites excluding steroid dienone is 2. The maximum absolute atomic E-state index is 13.0. The number of nitrogens with one attached hydrogen (secondary N) is 2. The van der Waals surface area contributed by atoms with Gasteiger partial charge in [-0.25, -0.2) is 10.2 Å². The maximum Gasteiger partial charge on any atom is 0.335 e. The third-order valence-electron chi connectivity index (χ3n) is 6.55. The summed E-state index contributed by atoms with van der Waals surface area (Å²) in [5.74, 6) is -1.56. The number of rotatable bonds is 6. The monoisotopic (exact) mass is 463 g/mol. The molecule has 3 aliphatic rings. The lowest BCUT2D eigenvalue weighted by molar-refractivity contribution is -0.993. The largest absolute Gasteiger partial charge is 0.582 e. The topological polar surface area (TPSA) is 121 Å². The van der Waals surface area contributed by atoms with Crippen molar-refractivity contribution in [1.82, 2.24) is 15.3 Å². The molecule has 2 aromatic carbocycles. The van der Waals surface area contributed by atoms with Crippen LogP contribution in [0.15, 0.2) is 59.9 Å². The van der Waals surface area contributed by atoms with Gasteiger partial charge in [-0.2, -0.15) is 10.3 Å². The first-order chi connectivity index (χ1) is 16.4. The Kier molecular flexibility index (Phi) is 5.78. The number of hydrogen-bond acceptors (Lipinski definition) is 8. The highest BCUT2D eigenvalue weighted by Gasteiger charge is 2.43. The van der Waals surface area contributed by atoms with Gasteiger partial charge in [0.2, 0.25) is 11.6 Å². The summed E-state index contributed by atoms with van der Waals surface area (Å²) < 4.78 is 0. The van der Waals surface area contributed by atoms with E-state index < -0.39 is 11.3 Å². The number of quaternary nitrogens is 1. The molecule has 176 valence electrons. The number of carboxylic acid groups (broad SMARTS) is 1. The summed E-state index contributed by atoms with van der Waals surface area (Å²) >= 11 is 0. The van der Waals surface area contributed by atoms with Crippen molar-refractivity contribution in [1.29, 1.82) is 0 Å². The van der Waals surface area contributed by atoms with Crippen LogP contribution in [0.5, 0.6) is 0 Å². The lowest BCUT2D eigenvalue weighted by atomic mass is 9.90. The zero-order valence-electron chi connectivity index (χ0n) is 18.5. The molecular formula is C24H25N5O5. The fourth-order valence-electron chi connectivity index (χ4n) is 4.72. The second kappa shape index (κ2) is 8.90. The number of benzene rings is 2. The van der Waals surface area contributed by atoms with Crippen molar-refractivity contribution in [3.8, 4) is 0 Å². The molecule has 0 amide bonds. The number of ketones is 2. The van der Waals surface area contributed by atoms with E-state index in [1.165, 1.54) is 5.01 Å². The lowest BCUT2D eigenvalue weighted by Gasteiger charge is -2.36. The summed E-state index contributed by atoms with van der Waals surface area (Å²) in [6, 6.07) is 13.5. The molecule has 1 aliphatic carbocycles. The van der Waals surface area contributed by atoms with Crippen LogP contribution in [-0.2, 0) is 0 Å². The summed E-state index contributed by atoms with van der Waals surface area (Å²) in [6.45, 7) is 4.42. The number of fused-ring (bicyclic) bond motifs is 1. The van der Waals surface area contributed by atoms with Crippen molar-refractivity contribution in [3.63, 3.8) is 0 Å². The molecule has 1 unspecified atom stereocenters. The van der Waals surface area contributed by atoms with Crippen LogP contribution < -0.4 is 15.6 Å². The Morgan fingerprint density at radius 1 is 0.941 bits per heavy atom. The Morgan fingerprint density at radius 3 is 2.24 bits per heavy atom. The third-order valence-corrected chi connectivity index (χ3v) is 6.55. The minimum absolute atomic E-state index is 0.0798. The fourth-order valence-corrected chi connectivity index (χ4v) is 4.72. The summed E-state index contributed by atoms with van der Waals surface area (Å²) in [5.41, 5.74) is 4.75. The first-order valence-corrected chi connectivity index (χ1v) is 11.3. The SMILES string of the molecule is O=C(O)c1ccc(N2CCN(CCCN3C4=C(N[NH+]3[O-])C(=O)c3ccccc3C4=O)CC2)cc1. The molecular weight excluding hydrogens is 438 g/mol. The van der Waals surface area contributed by atoms with Crippen molar-refractivity contribution in [2.24, 2.45) is 0 Å². The van der Waals surface area contributed by atoms with E-state index in [0.29, 0.717) is 24.1 Å². The second-order valence-corrected chi connectivity index (χ2v) is 8.54. The van der Waals surface area contributed by atoms with Gasteiger partial charge in [-0.15, -0.1) is 0 Å². The van der Waals surface area contributed by atoms with Gasteiger partial charge in [0, 0.05) is 49.5 Å². The first kappa shape index (κ1) is 22.1. The van der Waals surface area contributed by atoms with Crippen LogP contribution in [0.1, 0.15) is 37.5 Å². The molecule has 10 nitrogen and oxygen atoms in total. The molecule has 1 atom stereocenters. The molecule has 0 bridgehead atoms. The number of aromatic carboxylic acids is 1. The van der Waals surface area contributed by atoms with Crippen molar-refractivity contribution >= 4 is 23.2 Å². The van der Waals surface area contributed by atoms with Gasteiger partial charge in [0.05, 0.1) is 12.1 Å². The molecule has 2 heterocycles. The number of carbonyl (C=O) groups excluding carboxylic acids is 2. The van der Waals surface area contributed by atoms with Crippen molar-refractivity contribution in [2.75, 3.05) is 44.2 Å². The number of hydrogen-bond donors (Lipinski definition) is 3. The van der Waals surface area contributed by atoms with E-state index in [2.05, 4.69) is 15.2 Å². The number of carbonyl (C=O) groups is 3. The van der Waals surface area contributed by atoms with Crippen LogP contribution in [0, 0.1) is 5.21 Å². The van der Waals surface area contributed by atoms with E-state index in [0.717, 1.165) is 38.4 Å².